The molecule has 2 unspecified atom stereocenters. The molecule has 32 heavy (non-hydrogen) atoms. The number of hydrogen-bond donors (Lipinski definition) is 0. The summed E-state index contributed by atoms with van der Waals surface area (Å²) in [5.74, 6) is 5.45. The van der Waals surface area contributed by atoms with Crippen molar-refractivity contribution < 1.29 is 14.2 Å². The van der Waals surface area contributed by atoms with E-state index in [4.69, 9.17) is 14.2 Å². The molecule has 0 aromatic heterocycles. The predicted molar refractivity (Wildman–Crippen MR) is 138 cm³/mol. The summed E-state index contributed by atoms with van der Waals surface area (Å²) < 4.78 is 15.7. The number of ether oxygens (including phenoxy) is 3. The Labute approximate surface area is 201 Å². The smallest absolute Gasteiger partial charge is 0.154 e. The highest BCUT2D eigenvalue weighted by Crippen LogP contribution is 2.28. The molecule has 0 bridgehead atoms. The third kappa shape index (κ3) is 15.7. The molecule has 4 fully saturated rings. The van der Waals surface area contributed by atoms with Crippen molar-refractivity contribution >= 4 is 0 Å². The SMILES string of the molecule is CC1CCC(C)CC1.CC1CCC(C)CC1.CC1CCC(C)OC1.CC1COC(C)OC1. The molecule has 4 aliphatic rings. The fourth-order valence-corrected chi connectivity index (χ4v) is 4.56. The second-order valence-corrected chi connectivity index (χ2v) is 11.9. The van der Waals surface area contributed by atoms with E-state index in [1.54, 1.807) is 0 Å². The van der Waals surface area contributed by atoms with E-state index in [1.165, 1.54) is 64.2 Å². The third-order valence-corrected chi connectivity index (χ3v) is 7.57. The molecule has 0 radical (unpaired) electrons. The minimum Gasteiger partial charge on any atom is -0.378 e. The Kier molecular flexibility index (Phi) is 16.2. The van der Waals surface area contributed by atoms with E-state index >= 15 is 0 Å². The molecule has 0 N–H and O–H groups in total. The maximum atomic E-state index is 5.39. The van der Waals surface area contributed by atoms with Crippen molar-refractivity contribution in [3.05, 3.63) is 0 Å². The predicted octanol–water partition coefficient (Wildman–Crippen LogP) is 8.50. The molecule has 0 aromatic carbocycles. The van der Waals surface area contributed by atoms with E-state index in [0.29, 0.717) is 12.0 Å². The first kappa shape index (κ1) is 29.9. The van der Waals surface area contributed by atoms with Gasteiger partial charge in [0, 0.05) is 12.5 Å². The fraction of sp³-hybridized carbons (Fsp3) is 1.00. The Morgan fingerprint density at radius 3 is 0.906 bits per heavy atom. The molecule has 0 amide bonds. The van der Waals surface area contributed by atoms with Crippen LogP contribution in [0.4, 0.5) is 0 Å². The average molecular weight is 455 g/mol. The van der Waals surface area contributed by atoms with Crippen LogP contribution in [0.25, 0.3) is 0 Å². The van der Waals surface area contributed by atoms with Crippen molar-refractivity contribution in [3.63, 3.8) is 0 Å². The van der Waals surface area contributed by atoms with Crippen LogP contribution in [0.15, 0.2) is 0 Å². The van der Waals surface area contributed by atoms with Gasteiger partial charge in [0.2, 0.25) is 0 Å². The van der Waals surface area contributed by atoms with Gasteiger partial charge < -0.3 is 14.2 Å². The standard InChI is InChI=1S/2C8H16.C7H14O.C6H12O2/c2*1-7-3-5-8(2)6-4-7;1-6-3-4-7(2)8-5-6;1-5-3-7-6(2)8-4-5/h2*7-8H,3-6H2,1-2H3;6-7H,3-5H2,1-2H3;5-6H,3-4H2,1-2H3. The van der Waals surface area contributed by atoms with Crippen LogP contribution < -0.4 is 0 Å². The van der Waals surface area contributed by atoms with Crippen molar-refractivity contribution in [2.45, 2.75) is 132 Å². The van der Waals surface area contributed by atoms with Crippen LogP contribution in [0.5, 0.6) is 0 Å². The molecule has 2 saturated heterocycles. The molecule has 0 aromatic rings. The summed E-state index contributed by atoms with van der Waals surface area (Å²) in [5, 5.41) is 0. The van der Waals surface area contributed by atoms with Crippen LogP contribution in [0.1, 0.15) is 120 Å². The summed E-state index contributed by atoms with van der Waals surface area (Å²) in [6.45, 7) is 20.6. The zero-order valence-electron chi connectivity index (χ0n) is 23.0. The van der Waals surface area contributed by atoms with Gasteiger partial charge in [0.25, 0.3) is 0 Å². The molecule has 2 aliphatic carbocycles. The lowest BCUT2D eigenvalue weighted by Gasteiger charge is -2.24. The van der Waals surface area contributed by atoms with Crippen molar-refractivity contribution in [3.8, 4) is 0 Å². The summed E-state index contributed by atoms with van der Waals surface area (Å²) in [7, 11) is 0. The van der Waals surface area contributed by atoms with Crippen molar-refractivity contribution in [2.24, 2.45) is 35.5 Å². The average Bonchev–Trinajstić information content (AvgIpc) is 2.78. The molecule has 0 spiro atoms. The molecule has 3 heteroatoms. The highest BCUT2D eigenvalue weighted by atomic mass is 16.7. The lowest BCUT2D eigenvalue weighted by molar-refractivity contribution is -0.187. The molecule has 4 rings (SSSR count). The number of hydrogen-bond acceptors (Lipinski definition) is 3. The van der Waals surface area contributed by atoms with Gasteiger partial charge in [-0.2, -0.15) is 0 Å². The van der Waals surface area contributed by atoms with E-state index < -0.39 is 0 Å². The summed E-state index contributed by atoms with van der Waals surface area (Å²) in [5.41, 5.74) is 0. The van der Waals surface area contributed by atoms with Gasteiger partial charge in [-0.25, -0.2) is 0 Å². The maximum Gasteiger partial charge on any atom is 0.154 e. The highest BCUT2D eigenvalue weighted by molar-refractivity contribution is 4.66. The molecule has 192 valence electrons. The van der Waals surface area contributed by atoms with Gasteiger partial charge in [-0.05, 0) is 56.3 Å². The zero-order valence-corrected chi connectivity index (χ0v) is 23.0. The molecule has 2 aliphatic heterocycles. The molecule has 2 heterocycles. The van der Waals surface area contributed by atoms with Gasteiger partial charge in [-0.1, -0.05) is 92.9 Å². The summed E-state index contributed by atoms with van der Waals surface area (Å²) >= 11 is 0. The molecule has 3 nitrogen and oxygen atoms in total. The van der Waals surface area contributed by atoms with Crippen LogP contribution in [-0.2, 0) is 14.2 Å². The summed E-state index contributed by atoms with van der Waals surface area (Å²) in [6, 6.07) is 0. The van der Waals surface area contributed by atoms with Gasteiger partial charge in [0.15, 0.2) is 6.29 Å². The highest BCUT2D eigenvalue weighted by Gasteiger charge is 2.15. The van der Waals surface area contributed by atoms with Gasteiger partial charge in [0.05, 0.1) is 19.3 Å². The molecule has 2 saturated carbocycles. The second kappa shape index (κ2) is 17.3. The van der Waals surface area contributed by atoms with Gasteiger partial charge >= 0.3 is 0 Å². The number of rotatable bonds is 0. The molecular weight excluding hydrogens is 396 g/mol. The monoisotopic (exact) mass is 454 g/mol. The lowest BCUT2D eigenvalue weighted by Crippen LogP contribution is -2.27. The Hall–Kier alpha value is -0.120. The summed E-state index contributed by atoms with van der Waals surface area (Å²) in [6.07, 6.45) is 14.9. The minimum atomic E-state index is 0.0196. The van der Waals surface area contributed by atoms with E-state index in [9.17, 15) is 0 Å². The van der Waals surface area contributed by atoms with E-state index in [1.807, 2.05) is 6.92 Å². The second-order valence-electron chi connectivity index (χ2n) is 11.9. The third-order valence-electron chi connectivity index (χ3n) is 7.57. The maximum absolute atomic E-state index is 5.39. The normalized spacial score (nSPS) is 39.8. The lowest BCUT2D eigenvalue weighted by atomic mass is 9.84. The fourth-order valence-electron chi connectivity index (χ4n) is 4.56. The first-order valence-electron chi connectivity index (χ1n) is 14.0. The van der Waals surface area contributed by atoms with Gasteiger partial charge in [-0.15, -0.1) is 0 Å². The Bertz CT molecular complexity index is 288. The molecular formula is C29H58O3. The van der Waals surface area contributed by atoms with Crippen LogP contribution in [0.3, 0.4) is 0 Å². The summed E-state index contributed by atoms with van der Waals surface area (Å²) in [4.78, 5) is 0. The largest absolute Gasteiger partial charge is 0.378 e. The van der Waals surface area contributed by atoms with E-state index in [2.05, 4.69) is 48.5 Å². The molecule has 2 atom stereocenters. The zero-order chi connectivity index (χ0) is 23.9. The Morgan fingerprint density at radius 1 is 0.344 bits per heavy atom. The van der Waals surface area contributed by atoms with Crippen LogP contribution in [0.2, 0.25) is 0 Å². The first-order valence-corrected chi connectivity index (χ1v) is 14.0. The van der Waals surface area contributed by atoms with Crippen LogP contribution in [-0.4, -0.2) is 32.2 Å². The van der Waals surface area contributed by atoms with Gasteiger partial charge in [0.1, 0.15) is 0 Å². The van der Waals surface area contributed by atoms with Crippen molar-refractivity contribution in [2.75, 3.05) is 19.8 Å². The minimum absolute atomic E-state index is 0.0196. The van der Waals surface area contributed by atoms with Crippen LogP contribution >= 0.6 is 0 Å². The Balaban J connectivity index is 0.000000213. The topological polar surface area (TPSA) is 27.7 Å². The van der Waals surface area contributed by atoms with Crippen LogP contribution in [0, 0.1) is 35.5 Å². The van der Waals surface area contributed by atoms with Crippen molar-refractivity contribution in [1.29, 1.82) is 0 Å². The van der Waals surface area contributed by atoms with E-state index in [-0.39, 0.29) is 6.29 Å². The van der Waals surface area contributed by atoms with Crippen molar-refractivity contribution in [1.82, 2.24) is 0 Å². The van der Waals surface area contributed by atoms with Gasteiger partial charge in [-0.3, -0.25) is 0 Å². The quantitative estimate of drug-likeness (QED) is 0.367. The van der Waals surface area contributed by atoms with E-state index in [0.717, 1.165) is 49.4 Å². The first-order chi connectivity index (χ1) is 15.2. The Morgan fingerprint density at radius 2 is 0.656 bits per heavy atom.